The Morgan fingerprint density at radius 2 is 1.74 bits per heavy atom. The summed E-state index contributed by atoms with van der Waals surface area (Å²) < 4.78 is 0.995. The van der Waals surface area contributed by atoms with E-state index in [9.17, 15) is 5.11 Å². The number of likely N-dealkylation sites (N-methyl/N-ethyl adjacent to an activating group) is 1. The molecule has 2 bridgehead atoms. The number of phenols is 1. The first-order valence-corrected chi connectivity index (χ1v) is 10.1. The lowest BCUT2D eigenvalue weighted by Crippen LogP contribution is -2.52. The van der Waals surface area contributed by atoms with Crippen LogP contribution >= 0.6 is 0 Å². The molecule has 27 heavy (non-hydrogen) atoms. The van der Waals surface area contributed by atoms with Crippen molar-refractivity contribution in [3.05, 3.63) is 65.7 Å². The molecule has 0 aliphatic heterocycles. The van der Waals surface area contributed by atoms with Crippen molar-refractivity contribution in [1.82, 2.24) is 0 Å². The molecule has 0 unspecified atom stereocenters. The van der Waals surface area contributed by atoms with E-state index in [0.29, 0.717) is 11.2 Å². The maximum atomic E-state index is 9.69. The zero-order valence-corrected chi connectivity index (χ0v) is 17.1. The molecule has 5 rings (SSSR count). The summed E-state index contributed by atoms with van der Waals surface area (Å²) in [5.41, 5.74) is 5.77. The first-order valence-electron chi connectivity index (χ1n) is 10.1. The van der Waals surface area contributed by atoms with Gasteiger partial charge in [0.1, 0.15) is 18.8 Å². The molecular weight excluding hydrogens is 330 g/mol. The summed E-state index contributed by atoms with van der Waals surface area (Å²) in [7, 11) is 4.70. The van der Waals surface area contributed by atoms with Crippen LogP contribution in [0.15, 0.2) is 60.2 Å². The van der Waals surface area contributed by atoms with Crippen molar-refractivity contribution in [3.63, 3.8) is 0 Å². The quantitative estimate of drug-likeness (QED) is 0.540. The van der Waals surface area contributed by atoms with Crippen LogP contribution in [0.5, 0.6) is 5.75 Å². The number of quaternary nitrogens is 1. The SMILES string of the molecule is CC1(C)[C@H]2CC=C(C[N+](C)(C)Cc3ccc(-c4cccc(O)c4)cc3)[C@@H]1C2. The van der Waals surface area contributed by atoms with Gasteiger partial charge in [0.15, 0.2) is 0 Å². The van der Waals surface area contributed by atoms with Crippen LogP contribution in [0.25, 0.3) is 11.1 Å². The Morgan fingerprint density at radius 1 is 1.00 bits per heavy atom. The molecule has 3 aliphatic rings. The van der Waals surface area contributed by atoms with Crippen molar-refractivity contribution in [2.45, 2.75) is 33.2 Å². The summed E-state index contributed by atoms with van der Waals surface area (Å²) in [5, 5.41) is 9.69. The molecule has 1 fully saturated rings. The molecule has 2 nitrogen and oxygen atoms in total. The number of rotatable bonds is 5. The highest BCUT2D eigenvalue weighted by atomic mass is 16.3. The molecule has 3 aliphatic carbocycles. The molecule has 1 saturated carbocycles. The van der Waals surface area contributed by atoms with Gasteiger partial charge in [-0.15, -0.1) is 0 Å². The molecule has 0 heterocycles. The average molecular weight is 363 g/mol. The van der Waals surface area contributed by atoms with Crippen molar-refractivity contribution in [2.75, 3.05) is 20.6 Å². The number of nitrogens with zero attached hydrogens (tertiary/aromatic N) is 1. The highest BCUT2D eigenvalue weighted by Gasteiger charge is 2.52. The van der Waals surface area contributed by atoms with Gasteiger partial charge in [-0.25, -0.2) is 0 Å². The molecule has 0 amide bonds. The third-order valence-corrected chi connectivity index (χ3v) is 6.94. The molecule has 2 heteroatoms. The Hall–Kier alpha value is -2.06. The van der Waals surface area contributed by atoms with Crippen molar-refractivity contribution in [1.29, 1.82) is 0 Å². The van der Waals surface area contributed by atoms with Crippen molar-refractivity contribution < 1.29 is 9.59 Å². The topological polar surface area (TPSA) is 20.2 Å². The van der Waals surface area contributed by atoms with Gasteiger partial charge in [0.2, 0.25) is 0 Å². The summed E-state index contributed by atoms with van der Waals surface area (Å²) in [6.45, 7) is 7.10. The normalized spacial score (nSPS) is 23.5. The van der Waals surface area contributed by atoms with Crippen molar-refractivity contribution in [3.8, 4) is 16.9 Å². The third kappa shape index (κ3) is 3.55. The van der Waals surface area contributed by atoms with E-state index < -0.39 is 0 Å². The minimum absolute atomic E-state index is 0.316. The fraction of sp³-hybridized carbons (Fsp3) is 0.440. The Balaban J connectivity index is 1.44. The second kappa shape index (κ2) is 6.53. The maximum Gasteiger partial charge on any atom is 0.116 e. The highest BCUT2D eigenvalue weighted by molar-refractivity contribution is 5.65. The van der Waals surface area contributed by atoms with Gasteiger partial charge >= 0.3 is 0 Å². The number of aromatic hydroxyl groups is 1. The second-order valence-electron chi connectivity index (χ2n) is 9.82. The number of phenolic OH excluding ortho intramolecular Hbond substituents is 1. The minimum Gasteiger partial charge on any atom is -0.508 e. The van der Waals surface area contributed by atoms with Crippen LogP contribution < -0.4 is 0 Å². The fourth-order valence-corrected chi connectivity index (χ4v) is 5.19. The molecule has 0 aromatic heterocycles. The van der Waals surface area contributed by atoms with E-state index in [1.54, 1.807) is 11.6 Å². The summed E-state index contributed by atoms with van der Waals surface area (Å²) >= 11 is 0. The van der Waals surface area contributed by atoms with E-state index in [0.717, 1.165) is 40.5 Å². The van der Waals surface area contributed by atoms with Gasteiger partial charge in [-0.2, -0.15) is 0 Å². The Kier molecular flexibility index (Phi) is 4.43. The molecule has 2 aromatic rings. The zero-order chi connectivity index (χ0) is 19.2. The maximum absolute atomic E-state index is 9.69. The summed E-state index contributed by atoms with van der Waals surface area (Å²) in [4.78, 5) is 0. The number of benzene rings is 2. The number of hydrogen-bond acceptors (Lipinski definition) is 1. The highest BCUT2D eigenvalue weighted by Crippen LogP contribution is 2.59. The molecule has 2 atom stereocenters. The Bertz CT molecular complexity index is 860. The zero-order valence-electron chi connectivity index (χ0n) is 17.1. The van der Waals surface area contributed by atoms with E-state index in [-0.39, 0.29) is 0 Å². The van der Waals surface area contributed by atoms with Gasteiger partial charge in [0.05, 0.1) is 14.1 Å². The van der Waals surface area contributed by atoms with Crippen LogP contribution in [-0.2, 0) is 6.54 Å². The average Bonchev–Trinajstić information content (AvgIpc) is 2.61. The molecule has 1 N–H and O–H groups in total. The smallest absolute Gasteiger partial charge is 0.116 e. The Morgan fingerprint density at radius 3 is 2.37 bits per heavy atom. The molecular formula is C25H32NO+. The van der Waals surface area contributed by atoms with Crippen molar-refractivity contribution >= 4 is 0 Å². The van der Waals surface area contributed by atoms with Crippen LogP contribution in [-0.4, -0.2) is 30.2 Å². The summed E-state index contributed by atoms with van der Waals surface area (Å²) in [5.74, 6) is 2.02. The monoisotopic (exact) mass is 362 g/mol. The van der Waals surface area contributed by atoms with Crippen LogP contribution in [0, 0.1) is 17.3 Å². The standard InChI is InChI=1S/C25H31NO/c1-25(2)22-13-12-21(24(25)15-22)17-26(3,4)16-18-8-10-19(11-9-18)20-6-5-7-23(27)14-20/h5-12,14,22,24H,13,15-17H2,1-4H3/p+1/t22-,24-/m0/s1. The lowest BCUT2D eigenvalue weighted by Gasteiger charge is -2.57. The molecule has 142 valence electrons. The Labute approximate surface area is 163 Å². The predicted molar refractivity (Wildman–Crippen MR) is 112 cm³/mol. The van der Waals surface area contributed by atoms with E-state index in [1.807, 2.05) is 18.2 Å². The first-order chi connectivity index (χ1) is 12.7. The molecule has 0 spiro atoms. The van der Waals surface area contributed by atoms with E-state index in [4.69, 9.17) is 0 Å². The number of hydrogen-bond donors (Lipinski definition) is 1. The van der Waals surface area contributed by atoms with Gasteiger partial charge < -0.3 is 9.59 Å². The molecule has 0 saturated heterocycles. The van der Waals surface area contributed by atoms with Crippen LogP contribution in [0.3, 0.4) is 0 Å². The van der Waals surface area contributed by atoms with E-state index in [2.05, 4.69) is 58.3 Å². The summed E-state index contributed by atoms with van der Waals surface area (Å²) in [6, 6.07) is 16.3. The van der Waals surface area contributed by atoms with Crippen molar-refractivity contribution in [2.24, 2.45) is 17.3 Å². The lowest BCUT2D eigenvalue weighted by atomic mass is 9.49. The predicted octanol–water partition coefficient (Wildman–Crippen LogP) is 5.63. The summed E-state index contributed by atoms with van der Waals surface area (Å²) in [6.07, 6.45) is 5.21. The largest absolute Gasteiger partial charge is 0.508 e. The van der Waals surface area contributed by atoms with Crippen LogP contribution in [0.4, 0.5) is 0 Å². The van der Waals surface area contributed by atoms with Crippen LogP contribution in [0.2, 0.25) is 0 Å². The second-order valence-corrected chi connectivity index (χ2v) is 9.82. The lowest BCUT2D eigenvalue weighted by molar-refractivity contribution is -0.899. The molecule has 0 radical (unpaired) electrons. The van der Waals surface area contributed by atoms with Gasteiger partial charge in [0.25, 0.3) is 0 Å². The van der Waals surface area contributed by atoms with Gasteiger partial charge in [-0.05, 0) is 58.9 Å². The van der Waals surface area contributed by atoms with Gasteiger partial charge in [0, 0.05) is 5.56 Å². The van der Waals surface area contributed by atoms with Gasteiger partial charge in [-0.1, -0.05) is 56.3 Å². The van der Waals surface area contributed by atoms with E-state index >= 15 is 0 Å². The number of fused-ring (bicyclic) bond motifs is 1. The van der Waals surface area contributed by atoms with Gasteiger partial charge in [-0.3, -0.25) is 0 Å². The van der Waals surface area contributed by atoms with Crippen LogP contribution in [0.1, 0.15) is 32.3 Å². The third-order valence-electron chi connectivity index (χ3n) is 6.94. The minimum atomic E-state index is 0.316. The molecule has 2 aromatic carbocycles. The number of allylic oxidation sites excluding steroid dienone is 1. The van der Waals surface area contributed by atoms with E-state index in [1.165, 1.54) is 18.4 Å². The first kappa shape index (κ1) is 18.3. The fourth-order valence-electron chi connectivity index (χ4n) is 5.19.